The summed E-state index contributed by atoms with van der Waals surface area (Å²) in [6.07, 6.45) is 5.09. The van der Waals surface area contributed by atoms with Crippen LogP contribution < -0.4 is 5.32 Å². The molecule has 1 fully saturated rings. The maximum absolute atomic E-state index is 5.50. The van der Waals surface area contributed by atoms with Crippen LogP contribution in [0.4, 0.5) is 0 Å². The molecule has 0 aromatic rings. The average Bonchev–Trinajstić information content (AvgIpc) is 2.25. The van der Waals surface area contributed by atoms with Gasteiger partial charge in [0.2, 0.25) is 0 Å². The number of hydrogen-bond donors (Lipinski definition) is 1. The lowest BCUT2D eigenvalue weighted by molar-refractivity contribution is 0.130. The van der Waals surface area contributed by atoms with Gasteiger partial charge >= 0.3 is 0 Å². The van der Waals surface area contributed by atoms with Gasteiger partial charge in [0, 0.05) is 19.2 Å². The van der Waals surface area contributed by atoms with Gasteiger partial charge in [-0.1, -0.05) is 13.3 Å². The molecule has 0 aliphatic carbocycles. The van der Waals surface area contributed by atoms with Crippen LogP contribution in [0.25, 0.3) is 0 Å². The molecule has 0 saturated carbocycles. The molecule has 1 rings (SSSR count). The Morgan fingerprint density at radius 2 is 2.07 bits per heavy atom. The van der Waals surface area contributed by atoms with Gasteiger partial charge in [0.05, 0.1) is 6.61 Å². The molecule has 14 heavy (non-hydrogen) atoms. The zero-order chi connectivity index (χ0) is 10.1. The van der Waals surface area contributed by atoms with Crippen LogP contribution in [0.3, 0.4) is 0 Å². The summed E-state index contributed by atoms with van der Waals surface area (Å²) < 4.78 is 5.50. The Bertz CT molecular complexity index is 126. The molecule has 0 spiro atoms. The number of rotatable bonds is 7. The second-order valence-corrected chi connectivity index (χ2v) is 5.03. The molecule has 0 atom stereocenters. The summed E-state index contributed by atoms with van der Waals surface area (Å²) in [4.78, 5) is 0. The van der Waals surface area contributed by atoms with Gasteiger partial charge in [0.1, 0.15) is 0 Å². The Labute approximate surface area is 92.2 Å². The molecule has 1 saturated heterocycles. The molecular weight excluding hydrogens is 194 g/mol. The van der Waals surface area contributed by atoms with Crippen molar-refractivity contribution in [1.29, 1.82) is 0 Å². The summed E-state index contributed by atoms with van der Waals surface area (Å²) in [6, 6.07) is 0.756. The molecule has 1 aliphatic heterocycles. The van der Waals surface area contributed by atoms with Crippen molar-refractivity contribution in [2.75, 3.05) is 31.3 Å². The Hall–Kier alpha value is 0.270. The zero-order valence-corrected chi connectivity index (χ0v) is 10.1. The highest BCUT2D eigenvalue weighted by atomic mass is 32.2. The van der Waals surface area contributed by atoms with Crippen molar-refractivity contribution in [1.82, 2.24) is 5.32 Å². The standard InChI is InChI=1S/C11H23NOS/c1-2-3-7-13-8-6-12-11-4-9-14-10-5-11/h11-12H,2-10H2,1H3. The average molecular weight is 217 g/mol. The molecule has 0 aromatic carbocycles. The number of hydrogen-bond acceptors (Lipinski definition) is 3. The SMILES string of the molecule is CCCCOCCNC1CCSCC1. The highest BCUT2D eigenvalue weighted by Crippen LogP contribution is 2.16. The van der Waals surface area contributed by atoms with Gasteiger partial charge in [-0.3, -0.25) is 0 Å². The predicted octanol–water partition coefficient (Wildman–Crippen LogP) is 2.29. The van der Waals surface area contributed by atoms with Crippen molar-refractivity contribution in [2.45, 2.75) is 38.6 Å². The fourth-order valence-electron chi connectivity index (χ4n) is 1.59. The second-order valence-electron chi connectivity index (χ2n) is 3.81. The van der Waals surface area contributed by atoms with E-state index >= 15 is 0 Å². The Kier molecular flexibility index (Phi) is 7.55. The first kappa shape index (κ1) is 12.3. The van der Waals surface area contributed by atoms with E-state index in [0.717, 1.165) is 25.8 Å². The summed E-state index contributed by atoms with van der Waals surface area (Å²) in [6.45, 7) is 5.03. The molecule has 0 amide bonds. The van der Waals surface area contributed by atoms with Crippen LogP contribution in [0.1, 0.15) is 32.6 Å². The van der Waals surface area contributed by atoms with Crippen molar-refractivity contribution >= 4 is 11.8 Å². The molecule has 84 valence electrons. The van der Waals surface area contributed by atoms with Crippen LogP contribution in [-0.2, 0) is 4.74 Å². The number of nitrogens with one attached hydrogen (secondary N) is 1. The van der Waals surface area contributed by atoms with Crippen LogP contribution in [-0.4, -0.2) is 37.3 Å². The summed E-state index contributed by atoms with van der Waals surface area (Å²) in [5, 5.41) is 3.56. The third-order valence-electron chi connectivity index (χ3n) is 2.54. The number of thioether (sulfide) groups is 1. The molecular formula is C11H23NOS. The summed E-state index contributed by atoms with van der Waals surface area (Å²) in [7, 11) is 0. The third-order valence-corrected chi connectivity index (χ3v) is 3.59. The third kappa shape index (κ3) is 5.89. The van der Waals surface area contributed by atoms with E-state index in [1.165, 1.54) is 37.2 Å². The highest BCUT2D eigenvalue weighted by molar-refractivity contribution is 7.99. The van der Waals surface area contributed by atoms with Crippen molar-refractivity contribution in [3.63, 3.8) is 0 Å². The number of ether oxygens (including phenoxy) is 1. The Balaban J connectivity index is 1.82. The van der Waals surface area contributed by atoms with E-state index in [9.17, 15) is 0 Å². The first-order valence-electron chi connectivity index (χ1n) is 5.82. The minimum absolute atomic E-state index is 0.756. The van der Waals surface area contributed by atoms with Crippen LogP contribution in [0.2, 0.25) is 0 Å². The predicted molar refractivity (Wildman–Crippen MR) is 64.1 cm³/mol. The lowest BCUT2D eigenvalue weighted by atomic mass is 10.1. The van der Waals surface area contributed by atoms with E-state index in [-0.39, 0.29) is 0 Å². The van der Waals surface area contributed by atoms with Gasteiger partial charge in [-0.05, 0) is 30.8 Å². The zero-order valence-electron chi connectivity index (χ0n) is 9.26. The van der Waals surface area contributed by atoms with Gasteiger partial charge in [-0.2, -0.15) is 11.8 Å². The summed E-state index contributed by atoms with van der Waals surface area (Å²) >= 11 is 2.08. The molecule has 1 aliphatic rings. The highest BCUT2D eigenvalue weighted by Gasteiger charge is 2.11. The monoisotopic (exact) mass is 217 g/mol. The van der Waals surface area contributed by atoms with E-state index in [1.54, 1.807) is 0 Å². The molecule has 1 N–H and O–H groups in total. The van der Waals surface area contributed by atoms with Crippen molar-refractivity contribution in [3.05, 3.63) is 0 Å². The van der Waals surface area contributed by atoms with Crippen molar-refractivity contribution < 1.29 is 4.74 Å². The van der Waals surface area contributed by atoms with Gasteiger partial charge in [0.25, 0.3) is 0 Å². The van der Waals surface area contributed by atoms with Crippen LogP contribution >= 0.6 is 11.8 Å². The Morgan fingerprint density at radius 1 is 1.29 bits per heavy atom. The van der Waals surface area contributed by atoms with Gasteiger partial charge < -0.3 is 10.1 Å². The fourth-order valence-corrected chi connectivity index (χ4v) is 2.69. The molecule has 0 radical (unpaired) electrons. The fraction of sp³-hybridized carbons (Fsp3) is 1.00. The van der Waals surface area contributed by atoms with Crippen LogP contribution in [0.15, 0.2) is 0 Å². The van der Waals surface area contributed by atoms with E-state index in [1.807, 2.05) is 0 Å². The second kappa shape index (κ2) is 8.57. The molecule has 2 nitrogen and oxygen atoms in total. The largest absolute Gasteiger partial charge is 0.380 e. The quantitative estimate of drug-likeness (QED) is 0.661. The summed E-state index contributed by atoms with van der Waals surface area (Å²) in [5.41, 5.74) is 0. The molecule has 0 aromatic heterocycles. The molecule has 0 unspecified atom stereocenters. The van der Waals surface area contributed by atoms with E-state index in [0.29, 0.717) is 0 Å². The maximum atomic E-state index is 5.50. The summed E-state index contributed by atoms with van der Waals surface area (Å²) in [5.74, 6) is 2.66. The molecule has 3 heteroatoms. The van der Waals surface area contributed by atoms with E-state index in [2.05, 4.69) is 24.0 Å². The smallest absolute Gasteiger partial charge is 0.0591 e. The lowest BCUT2D eigenvalue weighted by Crippen LogP contribution is -2.34. The first-order chi connectivity index (χ1) is 6.93. The van der Waals surface area contributed by atoms with Crippen molar-refractivity contribution in [3.8, 4) is 0 Å². The molecule has 1 heterocycles. The number of unbranched alkanes of at least 4 members (excludes halogenated alkanes) is 1. The topological polar surface area (TPSA) is 21.3 Å². The first-order valence-corrected chi connectivity index (χ1v) is 6.98. The van der Waals surface area contributed by atoms with Gasteiger partial charge in [-0.15, -0.1) is 0 Å². The molecule has 0 bridgehead atoms. The normalized spacial score (nSPS) is 18.6. The Morgan fingerprint density at radius 3 is 2.79 bits per heavy atom. The van der Waals surface area contributed by atoms with Gasteiger partial charge in [-0.25, -0.2) is 0 Å². The minimum Gasteiger partial charge on any atom is -0.380 e. The van der Waals surface area contributed by atoms with E-state index < -0.39 is 0 Å². The maximum Gasteiger partial charge on any atom is 0.0591 e. The van der Waals surface area contributed by atoms with Crippen LogP contribution in [0, 0.1) is 0 Å². The lowest BCUT2D eigenvalue weighted by Gasteiger charge is -2.22. The van der Waals surface area contributed by atoms with Crippen molar-refractivity contribution in [2.24, 2.45) is 0 Å². The van der Waals surface area contributed by atoms with Crippen LogP contribution in [0.5, 0.6) is 0 Å². The minimum atomic E-state index is 0.756. The van der Waals surface area contributed by atoms with E-state index in [4.69, 9.17) is 4.74 Å². The van der Waals surface area contributed by atoms with Gasteiger partial charge in [0.15, 0.2) is 0 Å².